The van der Waals surface area contributed by atoms with Crippen LogP contribution in [0.5, 0.6) is 0 Å². The van der Waals surface area contributed by atoms with Crippen LogP contribution < -0.4 is 0 Å². The average Bonchev–Trinajstić information content (AvgIpc) is 2.40. The highest BCUT2D eigenvalue weighted by atomic mass is 32.2. The fourth-order valence-corrected chi connectivity index (χ4v) is 4.55. The Hall–Kier alpha value is -1.43. The van der Waals surface area contributed by atoms with Gasteiger partial charge in [0.15, 0.2) is 9.84 Å². The van der Waals surface area contributed by atoms with Crippen LogP contribution in [-0.4, -0.2) is 43.3 Å². The van der Waals surface area contributed by atoms with Gasteiger partial charge in [0.2, 0.25) is 5.91 Å². The van der Waals surface area contributed by atoms with Crippen LogP contribution in [0.25, 0.3) is 0 Å². The van der Waals surface area contributed by atoms with E-state index in [1.807, 2.05) is 6.07 Å². The fourth-order valence-electron chi connectivity index (χ4n) is 3.26. The first-order valence-corrected chi connectivity index (χ1v) is 9.34. The standard InChI is InChI=1S/C16H20FNO3S/c1-11-10-18(5-6-22(11,20)21)16(19)14-7-13(8-14)12-3-2-4-15(17)9-12/h2-4,9,11,13-14H,5-8,10H2,1H3. The van der Waals surface area contributed by atoms with Crippen LogP contribution in [0.3, 0.4) is 0 Å². The molecule has 1 aromatic carbocycles. The molecule has 0 N–H and O–H groups in total. The second-order valence-corrected chi connectivity index (χ2v) is 8.92. The summed E-state index contributed by atoms with van der Waals surface area (Å²) in [5.41, 5.74) is 0.943. The van der Waals surface area contributed by atoms with Gasteiger partial charge in [-0.25, -0.2) is 12.8 Å². The highest BCUT2D eigenvalue weighted by Gasteiger charge is 2.40. The van der Waals surface area contributed by atoms with Gasteiger partial charge in [-0.3, -0.25) is 4.79 Å². The Labute approximate surface area is 130 Å². The number of halogens is 1. The van der Waals surface area contributed by atoms with Crippen molar-refractivity contribution < 1.29 is 17.6 Å². The Kier molecular flexibility index (Phi) is 3.97. The molecule has 0 aromatic heterocycles. The van der Waals surface area contributed by atoms with Crippen LogP contribution in [-0.2, 0) is 14.6 Å². The molecule has 1 unspecified atom stereocenters. The van der Waals surface area contributed by atoms with Crippen molar-refractivity contribution in [2.45, 2.75) is 30.9 Å². The molecule has 6 heteroatoms. The normalized spacial score (nSPS) is 30.6. The second-order valence-electron chi connectivity index (χ2n) is 6.38. The monoisotopic (exact) mass is 325 g/mol. The van der Waals surface area contributed by atoms with E-state index in [9.17, 15) is 17.6 Å². The predicted molar refractivity (Wildman–Crippen MR) is 81.7 cm³/mol. The van der Waals surface area contributed by atoms with Crippen LogP contribution >= 0.6 is 0 Å². The molecular formula is C16H20FNO3S. The summed E-state index contributed by atoms with van der Waals surface area (Å²) in [6, 6.07) is 6.53. The minimum absolute atomic E-state index is 0.0504. The molecule has 0 bridgehead atoms. The van der Waals surface area contributed by atoms with Gasteiger partial charge in [-0.05, 0) is 43.4 Å². The molecular weight excluding hydrogens is 305 g/mol. The number of amides is 1. The summed E-state index contributed by atoms with van der Waals surface area (Å²) in [6.45, 7) is 2.25. The molecule has 1 aliphatic carbocycles. The van der Waals surface area contributed by atoms with E-state index in [-0.39, 0.29) is 29.3 Å². The van der Waals surface area contributed by atoms with Crippen molar-refractivity contribution in [1.29, 1.82) is 0 Å². The van der Waals surface area contributed by atoms with Gasteiger partial charge in [-0.2, -0.15) is 0 Å². The Morgan fingerprint density at radius 2 is 2.05 bits per heavy atom. The van der Waals surface area contributed by atoms with Crippen molar-refractivity contribution in [2.75, 3.05) is 18.8 Å². The number of benzene rings is 1. The van der Waals surface area contributed by atoms with Gasteiger partial charge in [0.05, 0.1) is 11.0 Å². The smallest absolute Gasteiger partial charge is 0.225 e. The van der Waals surface area contributed by atoms with Crippen molar-refractivity contribution in [3.8, 4) is 0 Å². The lowest BCUT2D eigenvalue weighted by Crippen LogP contribution is -2.51. The zero-order chi connectivity index (χ0) is 15.9. The van der Waals surface area contributed by atoms with E-state index in [0.717, 1.165) is 18.4 Å². The van der Waals surface area contributed by atoms with Crippen molar-refractivity contribution in [1.82, 2.24) is 4.90 Å². The highest BCUT2D eigenvalue weighted by molar-refractivity contribution is 7.92. The third kappa shape index (κ3) is 2.89. The first kappa shape index (κ1) is 15.5. The van der Waals surface area contributed by atoms with E-state index >= 15 is 0 Å². The van der Waals surface area contributed by atoms with Crippen LogP contribution in [0.15, 0.2) is 24.3 Å². The zero-order valence-corrected chi connectivity index (χ0v) is 13.4. The van der Waals surface area contributed by atoms with Gasteiger partial charge < -0.3 is 4.90 Å². The molecule has 1 aliphatic heterocycles. The second kappa shape index (κ2) is 5.65. The number of hydrogen-bond acceptors (Lipinski definition) is 3. The van der Waals surface area contributed by atoms with Crippen LogP contribution in [0.4, 0.5) is 4.39 Å². The summed E-state index contributed by atoms with van der Waals surface area (Å²) in [4.78, 5) is 14.1. The zero-order valence-electron chi connectivity index (χ0n) is 12.5. The summed E-state index contributed by atoms with van der Waals surface area (Å²) in [7, 11) is -3.04. The van der Waals surface area contributed by atoms with E-state index in [1.54, 1.807) is 17.9 Å². The van der Waals surface area contributed by atoms with Crippen molar-refractivity contribution in [3.05, 3.63) is 35.6 Å². The molecule has 1 saturated heterocycles. The van der Waals surface area contributed by atoms with Crippen molar-refractivity contribution in [2.24, 2.45) is 5.92 Å². The van der Waals surface area contributed by atoms with Crippen LogP contribution in [0.2, 0.25) is 0 Å². The van der Waals surface area contributed by atoms with E-state index in [4.69, 9.17) is 0 Å². The molecule has 1 heterocycles. The first-order chi connectivity index (χ1) is 10.4. The minimum atomic E-state index is -3.04. The number of sulfone groups is 1. The lowest BCUT2D eigenvalue weighted by Gasteiger charge is -2.40. The predicted octanol–water partition coefficient (Wildman–Crippen LogP) is 1.96. The Morgan fingerprint density at radius 1 is 1.32 bits per heavy atom. The Bertz CT molecular complexity index is 682. The Morgan fingerprint density at radius 3 is 2.68 bits per heavy atom. The van der Waals surface area contributed by atoms with Gasteiger partial charge in [0, 0.05) is 19.0 Å². The van der Waals surface area contributed by atoms with Gasteiger partial charge in [0.1, 0.15) is 5.82 Å². The number of nitrogens with zero attached hydrogens (tertiary/aromatic N) is 1. The minimum Gasteiger partial charge on any atom is -0.340 e. The topological polar surface area (TPSA) is 54.5 Å². The third-order valence-corrected chi connectivity index (χ3v) is 6.98. The number of hydrogen-bond donors (Lipinski definition) is 0. The molecule has 120 valence electrons. The molecule has 2 aliphatic rings. The first-order valence-electron chi connectivity index (χ1n) is 7.62. The third-order valence-electron chi connectivity index (χ3n) is 4.86. The van der Waals surface area contributed by atoms with E-state index in [2.05, 4.69) is 0 Å². The summed E-state index contributed by atoms with van der Waals surface area (Å²) >= 11 is 0. The molecule has 2 fully saturated rings. The molecule has 1 atom stereocenters. The maximum absolute atomic E-state index is 13.2. The number of carbonyl (C=O) groups is 1. The van der Waals surface area contributed by atoms with E-state index in [1.165, 1.54) is 12.1 Å². The van der Waals surface area contributed by atoms with Crippen molar-refractivity contribution in [3.63, 3.8) is 0 Å². The number of rotatable bonds is 2. The molecule has 3 rings (SSSR count). The fraction of sp³-hybridized carbons (Fsp3) is 0.562. The van der Waals surface area contributed by atoms with Crippen LogP contribution in [0, 0.1) is 11.7 Å². The molecule has 0 spiro atoms. The van der Waals surface area contributed by atoms with Crippen LogP contribution in [0.1, 0.15) is 31.2 Å². The molecule has 1 saturated carbocycles. The van der Waals surface area contributed by atoms with Gasteiger partial charge in [-0.15, -0.1) is 0 Å². The van der Waals surface area contributed by atoms with Gasteiger partial charge in [0.25, 0.3) is 0 Å². The van der Waals surface area contributed by atoms with E-state index in [0.29, 0.717) is 13.1 Å². The quantitative estimate of drug-likeness (QED) is 0.835. The average molecular weight is 325 g/mol. The molecule has 4 nitrogen and oxygen atoms in total. The maximum Gasteiger partial charge on any atom is 0.225 e. The summed E-state index contributed by atoms with van der Waals surface area (Å²) in [6.07, 6.45) is 1.44. The summed E-state index contributed by atoms with van der Waals surface area (Å²) in [5.74, 6) is 0.0357. The highest BCUT2D eigenvalue weighted by Crippen LogP contribution is 2.42. The van der Waals surface area contributed by atoms with Gasteiger partial charge in [-0.1, -0.05) is 12.1 Å². The molecule has 22 heavy (non-hydrogen) atoms. The summed E-state index contributed by atoms with van der Waals surface area (Å²) < 4.78 is 36.6. The van der Waals surface area contributed by atoms with Crippen molar-refractivity contribution >= 4 is 15.7 Å². The van der Waals surface area contributed by atoms with E-state index < -0.39 is 15.1 Å². The maximum atomic E-state index is 13.2. The lowest BCUT2D eigenvalue weighted by atomic mass is 9.71. The lowest BCUT2D eigenvalue weighted by molar-refractivity contribution is -0.138. The molecule has 1 amide bonds. The summed E-state index contributed by atoms with van der Waals surface area (Å²) in [5, 5.41) is -0.482. The molecule has 1 aromatic rings. The largest absolute Gasteiger partial charge is 0.340 e. The Balaban J connectivity index is 1.58. The SMILES string of the molecule is CC1CN(C(=O)C2CC(c3cccc(F)c3)C2)CCS1(=O)=O. The number of carbonyl (C=O) groups excluding carboxylic acids is 1. The molecule has 0 radical (unpaired) electrons. The van der Waals surface area contributed by atoms with Gasteiger partial charge >= 0.3 is 0 Å².